The van der Waals surface area contributed by atoms with Crippen molar-refractivity contribution in [2.75, 3.05) is 65.2 Å². The van der Waals surface area contributed by atoms with Gasteiger partial charge in [-0.05, 0) is 38.5 Å². The van der Waals surface area contributed by atoms with Crippen molar-refractivity contribution in [1.29, 1.82) is 0 Å². The number of aliphatic imine (C=N–C) groups is 1. The van der Waals surface area contributed by atoms with E-state index >= 15 is 0 Å². The van der Waals surface area contributed by atoms with Crippen LogP contribution in [0.15, 0.2) is 4.99 Å². The van der Waals surface area contributed by atoms with Gasteiger partial charge in [0.1, 0.15) is 0 Å². The number of carbonyl (C=O) groups excluding carboxylic acids is 1. The second-order valence-electron chi connectivity index (χ2n) is 8.67. The van der Waals surface area contributed by atoms with Crippen molar-refractivity contribution in [1.82, 2.24) is 24.7 Å². The normalized spacial score (nSPS) is 22.1. The van der Waals surface area contributed by atoms with E-state index < -0.39 is 10.0 Å². The standard InChI is InChI=1S/C20H38N6O3S.HI/c1-17(19(27)25-9-3-4-10-25)24-11-13-26(14-12-24)20(21-2)22-8-15-30(28,29)23-16-18-6-5-7-18;/h17-18,23H,3-16H2,1-2H3,(H,21,22);1H. The minimum Gasteiger partial charge on any atom is -0.355 e. The predicted octanol–water partition coefficient (Wildman–Crippen LogP) is 0.528. The summed E-state index contributed by atoms with van der Waals surface area (Å²) in [6, 6.07) is -0.0906. The Bertz CT molecular complexity index is 702. The number of sulfonamides is 1. The van der Waals surface area contributed by atoms with Crippen LogP contribution in [0, 0.1) is 5.92 Å². The molecule has 0 aromatic heterocycles. The van der Waals surface area contributed by atoms with E-state index in [2.05, 4.69) is 24.8 Å². The van der Waals surface area contributed by atoms with Crippen LogP contribution in [0.1, 0.15) is 39.0 Å². The third-order valence-electron chi connectivity index (χ3n) is 6.62. The number of hydrogen-bond donors (Lipinski definition) is 2. The van der Waals surface area contributed by atoms with E-state index in [9.17, 15) is 13.2 Å². The molecule has 0 bridgehead atoms. The van der Waals surface area contributed by atoms with E-state index in [0.717, 1.165) is 70.9 Å². The van der Waals surface area contributed by atoms with Crippen molar-refractivity contribution in [3.05, 3.63) is 0 Å². The van der Waals surface area contributed by atoms with Crippen molar-refractivity contribution < 1.29 is 13.2 Å². The number of halogens is 1. The number of amides is 1. The first-order chi connectivity index (χ1) is 14.4. The van der Waals surface area contributed by atoms with Gasteiger partial charge >= 0.3 is 0 Å². The zero-order valence-electron chi connectivity index (χ0n) is 18.9. The Kier molecular flexibility index (Phi) is 10.8. The van der Waals surface area contributed by atoms with Gasteiger partial charge in [0.05, 0.1) is 11.8 Å². The van der Waals surface area contributed by atoms with E-state index in [1.54, 1.807) is 7.05 Å². The van der Waals surface area contributed by atoms with Gasteiger partial charge in [-0.15, -0.1) is 24.0 Å². The monoisotopic (exact) mass is 570 g/mol. The van der Waals surface area contributed by atoms with Gasteiger partial charge in [0.25, 0.3) is 0 Å². The van der Waals surface area contributed by atoms with E-state index in [0.29, 0.717) is 19.0 Å². The van der Waals surface area contributed by atoms with E-state index in [-0.39, 0.29) is 41.7 Å². The van der Waals surface area contributed by atoms with Crippen LogP contribution >= 0.6 is 24.0 Å². The summed E-state index contributed by atoms with van der Waals surface area (Å²) in [5, 5.41) is 3.19. The summed E-state index contributed by atoms with van der Waals surface area (Å²) in [5.41, 5.74) is 0. The molecule has 3 rings (SSSR count). The number of guanidine groups is 1. The minimum atomic E-state index is -3.26. The molecule has 1 amide bonds. The van der Waals surface area contributed by atoms with Crippen LogP contribution in [0.25, 0.3) is 0 Å². The van der Waals surface area contributed by atoms with Crippen LogP contribution in [0.5, 0.6) is 0 Å². The summed E-state index contributed by atoms with van der Waals surface area (Å²) in [4.78, 5) is 23.3. The van der Waals surface area contributed by atoms with Gasteiger partial charge in [-0.3, -0.25) is 14.7 Å². The molecule has 0 radical (unpaired) electrons. The first-order valence-electron chi connectivity index (χ1n) is 11.4. The van der Waals surface area contributed by atoms with Crippen LogP contribution in [0.3, 0.4) is 0 Å². The molecule has 1 aliphatic carbocycles. The second kappa shape index (κ2) is 12.5. The average molecular weight is 571 g/mol. The Balaban J connectivity index is 0.00000341. The van der Waals surface area contributed by atoms with Gasteiger partial charge < -0.3 is 15.1 Å². The van der Waals surface area contributed by atoms with Crippen LogP contribution in [-0.2, 0) is 14.8 Å². The summed E-state index contributed by atoms with van der Waals surface area (Å²) < 4.78 is 27.0. The van der Waals surface area contributed by atoms with Crippen molar-refractivity contribution in [3.8, 4) is 0 Å². The Labute approximate surface area is 204 Å². The molecule has 1 atom stereocenters. The molecular weight excluding hydrogens is 531 g/mol. The molecular formula is C20H39IN6O3S. The predicted molar refractivity (Wildman–Crippen MR) is 134 cm³/mol. The molecule has 0 aromatic rings. The van der Waals surface area contributed by atoms with Gasteiger partial charge in [0, 0.05) is 59.4 Å². The Morgan fingerprint density at radius 1 is 1.03 bits per heavy atom. The number of nitrogens with one attached hydrogen (secondary N) is 2. The van der Waals surface area contributed by atoms with Gasteiger partial charge in [-0.2, -0.15) is 0 Å². The highest BCUT2D eigenvalue weighted by molar-refractivity contribution is 14.0. The molecule has 31 heavy (non-hydrogen) atoms. The topological polar surface area (TPSA) is 97.3 Å². The summed E-state index contributed by atoms with van der Waals surface area (Å²) in [6.07, 6.45) is 5.69. The first kappa shape index (κ1) is 26.6. The lowest BCUT2D eigenvalue weighted by Crippen LogP contribution is -2.57. The van der Waals surface area contributed by atoms with Crippen molar-refractivity contribution in [3.63, 3.8) is 0 Å². The number of hydrogen-bond acceptors (Lipinski definition) is 5. The SMILES string of the molecule is CN=C(NCCS(=O)(=O)NCC1CCC1)N1CCN(C(C)C(=O)N2CCCC2)CC1.I. The number of piperazine rings is 1. The largest absolute Gasteiger partial charge is 0.355 e. The molecule has 2 N–H and O–H groups in total. The van der Waals surface area contributed by atoms with Crippen molar-refractivity contribution in [2.45, 2.75) is 45.1 Å². The maximum absolute atomic E-state index is 12.6. The molecule has 1 saturated carbocycles. The average Bonchev–Trinajstić information content (AvgIpc) is 3.24. The third kappa shape index (κ3) is 7.71. The fourth-order valence-corrected chi connectivity index (χ4v) is 5.33. The van der Waals surface area contributed by atoms with Crippen molar-refractivity contribution >= 4 is 45.9 Å². The van der Waals surface area contributed by atoms with Gasteiger partial charge in [-0.1, -0.05) is 6.42 Å². The molecule has 2 saturated heterocycles. The molecule has 11 heteroatoms. The zero-order valence-corrected chi connectivity index (χ0v) is 22.0. The maximum atomic E-state index is 12.6. The molecule has 0 spiro atoms. The van der Waals surface area contributed by atoms with Crippen LogP contribution in [0.2, 0.25) is 0 Å². The lowest BCUT2D eigenvalue weighted by Gasteiger charge is -2.39. The number of nitrogens with zero attached hydrogens (tertiary/aromatic N) is 4. The quantitative estimate of drug-likeness (QED) is 0.251. The summed E-state index contributed by atoms with van der Waals surface area (Å²) in [6.45, 7) is 7.80. The number of rotatable bonds is 8. The lowest BCUT2D eigenvalue weighted by molar-refractivity contribution is -0.135. The number of likely N-dealkylation sites (tertiary alicyclic amines) is 1. The molecule has 9 nitrogen and oxygen atoms in total. The molecule has 1 unspecified atom stereocenters. The molecule has 180 valence electrons. The van der Waals surface area contributed by atoms with Crippen LogP contribution < -0.4 is 10.0 Å². The Morgan fingerprint density at radius 3 is 2.23 bits per heavy atom. The van der Waals surface area contributed by atoms with E-state index in [1.807, 2.05) is 11.8 Å². The first-order valence-corrected chi connectivity index (χ1v) is 13.0. The fraction of sp³-hybridized carbons (Fsp3) is 0.900. The highest BCUT2D eigenvalue weighted by atomic mass is 127. The molecule has 2 aliphatic heterocycles. The molecule has 3 aliphatic rings. The molecule has 0 aromatic carbocycles. The smallest absolute Gasteiger partial charge is 0.239 e. The summed E-state index contributed by atoms with van der Waals surface area (Å²) in [5.74, 6) is 1.52. The second-order valence-corrected chi connectivity index (χ2v) is 10.6. The van der Waals surface area contributed by atoms with Gasteiger partial charge in [0.2, 0.25) is 15.9 Å². The Hall–Kier alpha value is -0.660. The fourth-order valence-electron chi connectivity index (χ4n) is 4.32. The maximum Gasteiger partial charge on any atom is 0.239 e. The molecule has 3 fully saturated rings. The minimum absolute atomic E-state index is 0. The van der Waals surface area contributed by atoms with E-state index in [1.165, 1.54) is 6.42 Å². The lowest BCUT2D eigenvalue weighted by atomic mass is 9.86. The van der Waals surface area contributed by atoms with Crippen LogP contribution in [0.4, 0.5) is 0 Å². The summed E-state index contributed by atoms with van der Waals surface area (Å²) in [7, 11) is -1.54. The van der Waals surface area contributed by atoms with Gasteiger partial charge in [0.15, 0.2) is 5.96 Å². The Morgan fingerprint density at radius 2 is 1.68 bits per heavy atom. The summed E-state index contributed by atoms with van der Waals surface area (Å²) >= 11 is 0. The third-order valence-corrected chi connectivity index (χ3v) is 7.97. The van der Waals surface area contributed by atoms with Gasteiger partial charge in [-0.25, -0.2) is 13.1 Å². The van der Waals surface area contributed by atoms with Crippen LogP contribution in [-0.4, -0.2) is 106 Å². The molecule has 2 heterocycles. The van der Waals surface area contributed by atoms with E-state index in [4.69, 9.17) is 0 Å². The number of carbonyl (C=O) groups is 1. The van der Waals surface area contributed by atoms with Crippen molar-refractivity contribution in [2.24, 2.45) is 10.9 Å². The zero-order chi connectivity index (χ0) is 21.6. The highest BCUT2D eigenvalue weighted by Crippen LogP contribution is 2.25. The highest BCUT2D eigenvalue weighted by Gasteiger charge is 2.30.